The Morgan fingerprint density at radius 2 is 1.93 bits per heavy atom. The summed E-state index contributed by atoms with van der Waals surface area (Å²) in [4.78, 5) is 15.2. The van der Waals surface area contributed by atoms with Crippen LogP contribution in [0.3, 0.4) is 0 Å². The van der Waals surface area contributed by atoms with Crippen LogP contribution in [0.4, 0.5) is 0 Å². The Morgan fingerprint density at radius 3 is 2.64 bits per heavy atom. The molecule has 2 heterocycles. The molecule has 1 amide bonds. The van der Waals surface area contributed by atoms with E-state index in [-0.39, 0.29) is 18.3 Å². The van der Waals surface area contributed by atoms with Gasteiger partial charge in [-0.15, -0.1) is 12.4 Å². The number of fused-ring (bicyclic) bond motifs is 1. The second-order valence-corrected chi connectivity index (χ2v) is 7.80. The molecule has 1 aliphatic heterocycles. The second-order valence-electron chi connectivity index (χ2n) is 7.80. The summed E-state index contributed by atoms with van der Waals surface area (Å²) in [5, 5.41) is 10.9. The van der Waals surface area contributed by atoms with Crippen LogP contribution in [-0.2, 0) is 24.2 Å². The Kier molecular flexibility index (Phi) is 6.30. The lowest BCUT2D eigenvalue weighted by atomic mass is 9.90. The minimum absolute atomic E-state index is 0. The van der Waals surface area contributed by atoms with Gasteiger partial charge in [0.2, 0.25) is 0 Å². The van der Waals surface area contributed by atoms with Crippen molar-refractivity contribution in [2.24, 2.45) is 0 Å². The van der Waals surface area contributed by atoms with Gasteiger partial charge in [0.1, 0.15) is 5.75 Å². The zero-order chi connectivity index (χ0) is 18.9. The molecule has 2 N–H and O–H groups in total. The van der Waals surface area contributed by atoms with E-state index in [0.717, 1.165) is 37.4 Å². The van der Waals surface area contributed by atoms with Crippen molar-refractivity contribution in [3.05, 3.63) is 46.8 Å². The summed E-state index contributed by atoms with van der Waals surface area (Å²) in [6.07, 6.45) is 4.62. The van der Waals surface area contributed by atoms with E-state index in [1.54, 1.807) is 4.90 Å². The third-order valence-corrected chi connectivity index (χ3v) is 5.76. The fraction of sp³-hybridized carbons (Fsp3) is 0.524. The normalized spacial score (nSPS) is 17.5. The number of aryl methyl sites for hydroxylation is 2. The van der Waals surface area contributed by atoms with E-state index in [0.29, 0.717) is 19.4 Å². The molecule has 0 radical (unpaired) electrons. The molecule has 1 fully saturated rings. The maximum Gasteiger partial charge on any atom is 0.266 e. The molecule has 1 aromatic carbocycles. The van der Waals surface area contributed by atoms with E-state index >= 15 is 0 Å². The molecule has 0 spiro atoms. The number of carbonyl (C=O) groups excluding carboxylic acids is 1. The molecule has 28 heavy (non-hydrogen) atoms. The number of hydrogen-bond donors (Lipinski definition) is 2. The van der Waals surface area contributed by atoms with Gasteiger partial charge in [-0.05, 0) is 57.0 Å². The minimum atomic E-state index is -0.811. The summed E-state index contributed by atoms with van der Waals surface area (Å²) in [7, 11) is 1.86. The van der Waals surface area contributed by atoms with Gasteiger partial charge in [-0.25, -0.2) is 0 Å². The summed E-state index contributed by atoms with van der Waals surface area (Å²) in [5.74, 6) is 0.796. The number of amides is 1. The fourth-order valence-electron chi connectivity index (χ4n) is 4.19. The molecule has 0 bridgehead atoms. The number of carbonyl (C=O) groups is 1. The Bertz CT molecular complexity index is 812. The van der Waals surface area contributed by atoms with Crippen molar-refractivity contribution in [1.29, 1.82) is 0 Å². The van der Waals surface area contributed by atoms with Crippen molar-refractivity contribution in [3.8, 4) is 5.75 Å². The number of nitrogens with zero attached hydrogens (tertiary/aromatic N) is 2. The minimum Gasteiger partial charge on any atom is -0.477 e. The summed E-state index contributed by atoms with van der Waals surface area (Å²) < 4.78 is 6.33. The maximum atomic E-state index is 13.5. The van der Waals surface area contributed by atoms with E-state index in [2.05, 4.69) is 15.5 Å². The molecule has 152 valence electrons. The van der Waals surface area contributed by atoms with Gasteiger partial charge in [-0.1, -0.05) is 17.7 Å². The van der Waals surface area contributed by atoms with Crippen LogP contribution in [0.2, 0.25) is 0 Å². The molecule has 1 aromatic heterocycles. The number of benzene rings is 1. The quantitative estimate of drug-likeness (QED) is 0.803. The highest BCUT2D eigenvalue weighted by Gasteiger charge is 2.44. The SMILES string of the molecule is Cc1ccc(OC2(C(=O)N(C)Cc3n[nH]c4c3CCC4)CCNCC2)cc1.Cl. The van der Waals surface area contributed by atoms with Gasteiger partial charge < -0.3 is 15.0 Å². The number of piperidine rings is 1. The van der Waals surface area contributed by atoms with Crippen LogP contribution >= 0.6 is 12.4 Å². The number of H-pyrrole nitrogens is 1. The van der Waals surface area contributed by atoms with Crippen molar-refractivity contribution < 1.29 is 9.53 Å². The van der Waals surface area contributed by atoms with Gasteiger partial charge in [0.25, 0.3) is 5.91 Å². The molecular weight excluding hydrogens is 376 g/mol. The van der Waals surface area contributed by atoms with Gasteiger partial charge in [0, 0.05) is 25.6 Å². The lowest BCUT2D eigenvalue weighted by Gasteiger charge is -2.39. The van der Waals surface area contributed by atoms with Gasteiger partial charge in [-0.3, -0.25) is 9.89 Å². The van der Waals surface area contributed by atoms with Gasteiger partial charge in [0.05, 0.1) is 12.2 Å². The highest BCUT2D eigenvalue weighted by Crippen LogP contribution is 2.30. The van der Waals surface area contributed by atoms with E-state index in [4.69, 9.17) is 4.74 Å². The van der Waals surface area contributed by atoms with Gasteiger partial charge >= 0.3 is 0 Å². The third-order valence-electron chi connectivity index (χ3n) is 5.76. The summed E-state index contributed by atoms with van der Waals surface area (Å²) in [6, 6.07) is 7.94. The molecule has 4 rings (SSSR count). The van der Waals surface area contributed by atoms with Gasteiger partial charge in [-0.2, -0.15) is 5.10 Å². The molecule has 1 saturated heterocycles. The predicted molar refractivity (Wildman–Crippen MR) is 111 cm³/mol. The zero-order valence-electron chi connectivity index (χ0n) is 16.6. The first kappa shape index (κ1) is 20.7. The topological polar surface area (TPSA) is 70.2 Å². The number of hydrogen-bond acceptors (Lipinski definition) is 4. The van der Waals surface area contributed by atoms with Crippen LogP contribution in [0.1, 0.15) is 41.8 Å². The van der Waals surface area contributed by atoms with Crippen molar-refractivity contribution in [2.75, 3.05) is 20.1 Å². The molecule has 6 nitrogen and oxygen atoms in total. The Hall–Kier alpha value is -2.05. The summed E-state index contributed by atoms with van der Waals surface area (Å²) >= 11 is 0. The summed E-state index contributed by atoms with van der Waals surface area (Å²) in [5.41, 5.74) is 3.90. The first-order valence-corrected chi connectivity index (χ1v) is 9.84. The number of rotatable bonds is 5. The lowest BCUT2D eigenvalue weighted by molar-refractivity contribution is -0.150. The maximum absolute atomic E-state index is 13.5. The molecule has 0 saturated carbocycles. The standard InChI is InChI=1S/C21H28N4O2.ClH/c1-15-6-8-16(9-7-15)27-21(10-12-22-13-11-21)20(26)25(2)14-19-17-4-3-5-18(17)23-24-19;/h6-9,22H,3-5,10-14H2,1-2H3,(H,23,24);1H. The van der Waals surface area contributed by atoms with Crippen molar-refractivity contribution in [3.63, 3.8) is 0 Å². The number of aromatic nitrogens is 2. The first-order chi connectivity index (χ1) is 13.1. The Morgan fingerprint density at radius 1 is 1.21 bits per heavy atom. The molecule has 7 heteroatoms. The summed E-state index contributed by atoms with van der Waals surface area (Å²) in [6.45, 7) is 4.13. The third kappa shape index (κ3) is 4.03. The zero-order valence-corrected chi connectivity index (χ0v) is 17.4. The Balaban J connectivity index is 0.00000225. The van der Waals surface area contributed by atoms with E-state index in [1.165, 1.54) is 23.2 Å². The number of halogens is 1. The second kappa shape index (κ2) is 8.53. The van der Waals surface area contributed by atoms with E-state index in [1.807, 2.05) is 38.2 Å². The molecule has 0 atom stereocenters. The lowest BCUT2D eigenvalue weighted by Crippen LogP contribution is -2.56. The van der Waals surface area contributed by atoms with Crippen molar-refractivity contribution in [2.45, 2.75) is 51.2 Å². The van der Waals surface area contributed by atoms with Crippen LogP contribution in [0, 0.1) is 6.92 Å². The molecule has 0 unspecified atom stereocenters. The predicted octanol–water partition coefficient (Wildman–Crippen LogP) is 2.79. The van der Waals surface area contributed by atoms with Crippen LogP contribution in [0.5, 0.6) is 5.75 Å². The number of aromatic amines is 1. The largest absolute Gasteiger partial charge is 0.477 e. The molecular formula is C21H29ClN4O2. The number of ether oxygens (including phenoxy) is 1. The number of nitrogens with one attached hydrogen (secondary N) is 2. The van der Waals surface area contributed by atoms with Gasteiger partial charge in [0.15, 0.2) is 5.60 Å². The van der Waals surface area contributed by atoms with Crippen molar-refractivity contribution >= 4 is 18.3 Å². The highest BCUT2D eigenvalue weighted by molar-refractivity contribution is 5.86. The average molecular weight is 405 g/mol. The fourth-order valence-corrected chi connectivity index (χ4v) is 4.19. The molecule has 2 aliphatic rings. The van der Waals surface area contributed by atoms with Crippen LogP contribution in [0.15, 0.2) is 24.3 Å². The average Bonchev–Trinajstić information content (AvgIpc) is 3.29. The number of likely N-dealkylation sites (N-methyl/N-ethyl adjacent to an activating group) is 1. The first-order valence-electron chi connectivity index (χ1n) is 9.84. The smallest absolute Gasteiger partial charge is 0.266 e. The van der Waals surface area contributed by atoms with E-state index in [9.17, 15) is 4.79 Å². The van der Waals surface area contributed by atoms with Crippen LogP contribution < -0.4 is 10.1 Å². The monoisotopic (exact) mass is 404 g/mol. The highest BCUT2D eigenvalue weighted by atomic mass is 35.5. The van der Waals surface area contributed by atoms with Crippen molar-refractivity contribution in [1.82, 2.24) is 20.4 Å². The molecule has 2 aromatic rings. The van der Waals surface area contributed by atoms with E-state index < -0.39 is 5.60 Å². The molecule has 1 aliphatic carbocycles. The van der Waals surface area contributed by atoms with Crippen LogP contribution in [-0.4, -0.2) is 46.7 Å². The Labute approximate surface area is 172 Å². The van der Waals surface area contributed by atoms with Crippen LogP contribution in [0.25, 0.3) is 0 Å².